The van der Waals surface area contributed by atoms with Gasteiger partial charge in [0.05, 0.1) is 5.52 Å². The Morgan fingerprint density at radius 1 is 0.857 bits per heavy atom. The van der Waals surface area contributed by atoms with Crippen LogP contribution in [0.4, 0.5) is 0 Å². The van der Waals surface area contributed by atoms with E-state index < -0.39 is 0 Å². The molecule has 1 fully saturated rings. The highest BCUT2D eigenvalue weighted by Crippen LogP contribution is 2.39. The van der Waals surface area contributed by atoms with E-state index in [2.05, 4.69) is 47.4 Å². The van der Waals surface area contributed by atoms with E-state index in [1.54, 1.807) is 6.26 Å². The van der Waals surface area contributed by atoms with Gasteiger partial charge in [0.2, 0.25) is 0 Å². The summed E-state index contributed by atoms with van der Waals surface area (Å²) in [6.07, 6.45) is 9.60. The van der Waals surface area contributed by atoms with Crippen LogP contribution < -0.4 is 0 Å². The number of hydrogen-bond donors (Lipinski definition) is 0. The van der Waals surface area contributed by atoms with Crippen molar-refractivity contribution >= 4 is 10.9 Å². The Hall–Kier alpha value is -2.94. The highest BCUT2D eigenvalue weighted by atomic mass is 16.3. The fourth-order valence-corrected chi connectivity index (χ4v) is 4.54. The molecule has 3 nitrogen and oxygen atoms in total. The van der Waals surface area contributed by atoms with Crippen LogP contribution in [-0.4, -0.2) is 9.97 Å². The third-order valence-electron chi connectivity index (χ3n) is 6.05. The standard InChI is InChI=1S/C25H24N2O/c1-2-6-20(7-3-1)24-17-28-25(27-24)16-18-10-12-19(13-11-18)21-14-15-26-23-9-5-4-8-22(21)23/h1-9,14-15,17-19H,10-13,16H2/t18-,19-. The van der Waals surface area contributed by atoms with E-state index in [9.17, 15) is 0 Å². The number of hydrogen-bond acceptors (Lipinski definition) is 3. The zero-order valence-corrected chi connectivity index (χ0v) is 15.9. The molecular weight excluding hydrogens is 344 g/mol. The van der Waals surface area contributed by atoms with E-state index in [1.165, 1.54) is 36.6 Å². The van der Waals surface area contributed by atoms with E-state index in [0.29, 0.717) is 11.8 Å². The van der Waals surface area contributed by atoms with E-state index in [-0.39, 0.29) is 0 Å². The topological polar surface area (TPSA) is 38.9 Å². The lowest BCUT2D eigenvalue weighted by Gasteiger charge is -2.28. The minimum Gasteiger partial charge on any atom is -0.448 e. The van der Waals surface area contributed by atoms with Gasteiger partial charge in [0.25, 0.3) is 0 Å². The van der Waals surface area contributed by atoms with Gasteiger partial charge in [-0.15, -0.1) is 0 Å². The summed E-state index contributed by atoms with van der Waals surface area (Å²) >= 11 is 0. The largest absolute Gasteiger partial charge is 0.448 e. The molecule has 0 aliphatic heterocycles. The van der Waals surface area contributed by atoms with Gasteiger partial charge in [-0.3, -0.25) is 4.98 Å². The lowest BCUT2D eigenvalue weighted by molar-refractivity contribution is 0.305. The highest BCUT2D eigenvalue weighted by Gasteiger charge is 2.25. The average molecular weight is 368 g/mol. The Labute approximate surface area is 165 Å². The van der Waals surface area contributed by atoms with Crippen LogP contribution in [-0.2, 0) is 6.42 Å². The molecule has 1 saturated carbocycles. The number of para-hydroxylation sites is 1. The Bertz CT molecular complexity index is 1060. The van der Waals surface area contributed by atoms with Crippen LogP contribution in [0.2, 0.25) is 0 Å². The predicted octanol–water partition coefficient (Wildman–Crippen LogP) is 6.41. The summed E-state index contributed by atoms with van der Waals surface area (Å²) in [5, 5.41) is 1.31. The fraction of sp³-hybridized carbons (Fsp3) is 0.280. The van der Waals surface area contributed by atoms with E-state index >= 15 is 0 Å². The van der Waals surface area contributed by atoms with Gasteiger partial charge >= 0.3 is 0 Å². The van der Waals surface area contributed by atoms with Crippen molar-refractivity contribution in [2.75, 3.05) is 0 Å². The molecule has 2 aromatic carbocycles. The third kappa shape index (κ3) is 3.45. The van der Waals surface area contributed by atoms with Gasteiger partial charge in [-0.05, 0) is 55.2 Å². The summed E-state index contributed by atoms with van der Waals surface area (Å²) in [4.78, 5) is 9.23. The first-order valence-corrected chi connectivity index (χ1v) is 10.2. The Morgan fingerprint density at radius 3 is 2.50 bits per heavy atom. The molecule has 4 aromatic rings. The normalized spacial score (nSPS) is 19.7. The fourth-order valence-electron chi connectivity index (χ4n) is 4.54. The second kappa shape index (κ2) is 7.59. The molecule has 0 unspecified atom stereocenters. The Balaban J connectivity index is 1.25. The first-order valence-electron chi connectivity index (χ1n) is 10.2. The molecule has 0 N–H and O–H groups in total. The average Bonchev–Trinajstić information content (AvgIpc) is 3.23. The molecule has 0 radical (unpaired) electrons. The van der Waals surface area contributed by atoms with Gasteiger partial charge in [-0.2, -0.15) is 0 Å². The summed E-state index contributed by atoms with van der Waals surface area (Å²) in [5.74, 6) is 2.16. The second-order valence-corrected chi connectivity index (χ2v) is 7.83. The van der Waals surface area contributed by atoms with Gasteiger partial charge in [0.15, 0.2) is 5.89 Å². The van der Waals surface area contributed by atoms with Crippen LogP contribution in [0, 0.1) is 5.92 Å². The minimum atomic E-state index is 0.633. The highest BCUT2D eigenvalue weighted by molar-refractivity contribution is 5.82. The maximum atomic E-state index is 5.77. The first kappa shape index (κ1) is 17.2. The summed E-state index contributed by atoms with van der Waals surface area (Å²) < 4.78 is 5.77. The monoisotopic (exact) mass is 368 g/mol. The molecular formula is C25H24N2O. The summed E-state index contributed by atoms with van der Waals surface area (Å²) in [5.41, 5.74) is 4.63. The molecule has 0 saturated heterocycles. The lowest BCUT2D eigenvalue weighted by Crippen LogP contribution is -2.15. The van der Waals surface area contributed by atoms with Crippen LogP contribution in [0.25, 0.3) is 22.2 Å². The molecule has 1 aliphatic carbocycles. The van der Waals surface area contributed by atoms with Crippen molar-refractivity contribution in [2.45, 2.75) is 38.0 Å². The van der Waals surface area contributed by atoms with Crippen molar-refractivity contribution in [3.63, 3.8) is 0 Å². The minimum absolute atomic E-state index is 0.633. The van der Waals surface area contributed by atoms with Crippen LogP contribution in [0.15, 0.2) is 77.5 Å². The second-order valence-electron chi connectivity index (χ2n) is 7.83. The van der Waals surface area contributed by atoms with E-state index in [4.69, 9.17) is 9.40 Å². The van der Waals surface area contributed by atoms with Crippen molar-refractivity contribution in [2.24, 2.45) is 5.92 Å². The molecule has 0 bridgehead atoms. The number of aromatic nitrogens is 2. The molecule has 1 aliphatic rings. The van der Waals surface area contributed by atoms with Crippen molar-refractivity contribution in [3.05, 3.63) is 84.6 Å². The first-order chi connectivity index (χ1) is 13.9. The quantitative estimate of drug-likeness (QED) is 0.418. The van der Waals surface area contributed by atoms with Gasteiger partial charge in [-0.25, -0.2) is 4.98 Å². The molecule has 140 valence electrons. The molecule has 0 atom stereocenters. The van der Waals surface area contributed by atoms with E-state index in [0.717, 1.165) is 29.1 Å². The number of pyridine rings is 1. The summed E-state index contributed by atoms with van der Waals surface area (Å²) in [7, 11) is 0. The molecule has 0 amide bonds. The van der Waals surface area contributed by atoms with E-state index in [1.807, 2.05) is 24.4 Å². The Morgan fingerprint density at radius 2 is 1.64 bits per heavy atom. The zero-order chi connectivity index (χ0) is 18.8. The van der Waals surface area contributed by atoms with Crippen LogP contribution >= 0.6 is 0 Å². The third-order valence-corrected chi connectivity index (χ3v) is 6.05. The van der Waals surface area contributed by atoms with Gasteiger partial charge in [0.1, 0.15) is 12.0 Å². The van der Waals surface area contributed by atoms with Crippen LogP contribution in [0.5, 0.6) is 0 Å². The zero-order valence-electron chi connectivity index (χ0n) is 15.9. The number of nitrogens with zero attached hydrogens (tertiary/aromatic N) is 2. The molecule has 2 aromatic heterocycles. The maximum absolute atomic E-state index is 5.77. The molecule has 3 heteroatoms. The van der Waals surface area contributed by atoms with Gasteiger partial charge in [-0.1, -0.05) is 48.5 Å². The maximum Gasteiger partial charge on any atom is 0.194 e. The summed E-state index contributed by atoms with van der Waals surface area (Å²) in [6.45, 7) is 0. The van der Waals surface area contributed by atoms with Gasteiger partial charge < -0.3 is 4.42 Å². The molecule has 28 heavy (non-hydrogen) atoms. The number of benzene rings is 2. The number of rotatable bonds is 4. The van der Waals surface area contributed by atoms with Crippen LogP contribution in [0.3, 0.4) is 0 Å². The van der Waals surface area contributed by atoms with Crippen molar-refractivity contribution in [1.29, 1.82) is 0 Å². The van der Waals surface area contributed by atoms with Crippen molar-refractivity contribution < 1.29 is 4.42 Å². The molecule has 5 rings (SSSR count). The van der Waals surface area contributed by atoms with Crippen molar-refractivity contribution in [3.8, 4) is 11.3 Å². The predicted molar refractivity (Wildman–Crippen MR) is 112 cm³/mol. The Kier molecular flexibility index (Phi) is 4.66. The molecule has 0 spiro atoms. The smallest absolute Gasteiger partial charge is 0.194 e. The van der Waals surface area contributed by atoms with Crippen LogP contribution in [0.1, 0.15) is 43.1 Å². The van der Waals surface area contributed by atoms with Gasteiger partial charge in [0, 0.05) is 23.6 Å². The number of fused-ring (bicyclic) bond motifs is 1. The summed E-state index contributed by atoms with van der Waals surface area (Å²) in [6, 6.07) is 21.0. The lowest BCUT2D eigenvalue weighted by atomic mass is 9.77. The number of oxazole rings is 1. The SMILES string of the molecule is c1ccc(-c2coc(C[C@H]3CC[C@H](c4ccnc5ccccc54)CC3)n2)cc1. The van der Waals surface area contributed by atoms with Crippen molar-refractivity contribution in [1.82, 2.24) is 9.97 Å². The molecule has 2 heterocycles.